The molecule has 0 fully saturated rings. The Balaban J connectivity index is 1.62. The smallest absolute Gasteiger partial charge is 0.274 e. The maximum absolute atomic E-state index is 12.4. The number of para-hydroxylation sites is 1. The molecule has 0 saturated heterocycles. The summed E-state index contributed by atoms with van der Waals surface area (Å²) >= 11 is 0. The fourth-order valence-corrected chi connectivity index (χ4v) is 2.60. The van der Waals surface area contributed by atoms with Gasteiger partial charge >= 0.3 is 0 Å². The first-order chi connectivity index (χ1) is 13.2. The van der Waals surface area contributed by atoms with Crippen molar-refractivity contribution >= 4 is 17.3 Å². The summed E-state index contributed by atoms with van der Waals surface area (Å²) in [6, 6.07) is 16.5. The largest absolute Gasteiger partial charge is 0.373 e. The van der Waals surface area contributed by atoms with Gasteiger partial charge in [-0.3, -0.25) is 9.78 Å². The number of carbonyl (C=O) groups excluding carboxylic acids is 1. The SMILES string of the molecule is CN(CCc1ccncc1)c1ccc(C(=O)Nc2ccccc2C#N)nc1. The molecule has 1 aromatic carbocycles. The van der Waals surface area contributed by atoms with Gasteiger partial charge in [-0.1, -0.05) is 12.1 Å². The molecule has 0 aliphatic heterocycles. The van der Waals surface area contributed by atoms with Crippen LogP contribution >= 0.6 is 0 Å². The number of amides is 1. The van der Waals surface area contributed by atoms with Crippen molar-refractivity contribution in [3.05, 3.63) is 83.9 Å². The zero-order valence-corrected chi connectivity index (χ0v) is 15.0. The summed E-state index contributed by atoms with van der Waals surface area (Å²) in [5.74, 6) is -0.344. The Labute approximate surface area is 158 Å². The molecule has 0 saturated carbocycles. The van der Waals surface area contributed by atoms with E-state index in [0.717, 1.165) is 18.7 Å². The topological polar surface area (TPSA) is 81.9 Å². The Morgan fingerprint density at radius 1 is 1.15 bits per heavy atom. The molecule has 27 heavy (non-hydrogen) atoms. The van der Waals surface area contributed by atoms with Crippen molar-refractivity contribution in [2.45, 2.75) is 6.42 Å². The molecule has 1 N–H and O–H groups in total. The molecule has 0 bridgehead atoms. The standard InChI is InChI=1S/C21H19N5O/c1-26(13-10-16-8-11-23-12-9-16)18-6-7-20(24-15-18)21(27)25-19-5-3-2-4-17(19)14-22/h2-9,11-12,15H,10,13H2,1H3,(H,25,27). The number of likely N-dealkylation sites (N-methyl/N-ethyl adjacent to an activating group) is 1. The van der Waals surface area contributed by atoms with Crippen LogP contribution in [0.2, 0.25) is 0 Å². The number of nitrogens with one attached hydrogen (secondary N) is 1. The Bertz CT molecular complexity index is 948. The van der Waals surface area contributed by atoms with Crippen LogP contribution in [0.15, 0.2) is 67.1 Å². The van der Waals surface area contributed by atoms with Gasteiger partial charge in [0.25, 0.3) is 5.91 Å². The van der Waals surface area contributed by atoms with Gasteiger partial charge in [-0.15, -0.1) is 0 Å². The van der Waals surface area contributed by atoms with E-state index in [2.05, 4.69) is 26.3 Å². The minimum absolute atomic E-state index is 0.300. The van der Waals surface area contributed by atoms with Crippen molar-refractivity contribution in [1.29, 1.82) is 5.26 Å². The summed E-state index contributed by atoms with van der Waals surface area (Å²) in [5.41, 5.74) is 3.34. The van der Waals surface area contributed by atoms with Crippen LogP contribution in [-0.4, -0.2) is 29.5 Å². The minimum atomic E-state index is -0.344. The number of nitrogens with zero attached hydrogens (tertiary/aromatic N) is 4. The lowest BCUT2D eigenvalue weighted by atomic mass is 10.2. The van der Waals surface area contributed by atoms with Crippen molar-refractivity contribution in [3.8, 4) is 6.07 Å². The average Bonchev–Trinajstić information content (AvgIpc) is 2.73. The number of hydrogen-bond acceptors (Lipinski definition) is 5. The molecule has 0 aliphatic rings. The van der Waals surface area contributed by atoms with E-state index in [1.165, 1.54) is 5.56 Å². The average molecular weight is 357 g/mol. The number of pyridine rings is 2. The highest BCUT2D eigenvalue weighted by molar-refractivity contribution is 6.03. The molecular formula is C21H19N5O. The predicted octanol–water partition coefficient (Wildman–Crippen LogP) is 3.28. The Morgan fingerprint density at radius 2 is 1.93 bits per heavy atom. The van der Waals surface area contributed by atoms with E-state index in [9.17, 15) is 4.79 Å². The number of benzene rings is 1. The molecule has 2 heterocycles. The van der Waals surface area contributed by atoms with Crippen LogP contribution in [0.4, 0.5) is 11.4 Å². The fourth-order valence-electron chi connectivity index (χ4n) is 2.60. The Hall–Kier alpha value is -3.72. The third kappa shape index (κ3) is 4.67. The van der Waals surface area contributed by atoms with Crippen LogP contribution in [0, 0.1) is 11.3 Å². The maximum atomic E-state index is 12.4. The summed E-state index contributed by atoms with van der Waals surface area (Å²) < 4.78 is 0. The molecule has 3 rings (SSSR count). The van der Waals surface area contributed by atoms with Gasteiger partial charge in [-0.25, -0.2) is 4.98 Å². The minimum Gasteiger partial charge on any atom is -0.373 e. The molecule has 3 aromatic rings. The van der Waals surface area contributed by atoms with Crippen LogP contribution in [0.3, 0.4) is 0 Å². The predicted molar refractivity (Wildman–Crippen MR) is 105 cm³/mol. The molecule has 2 aromatic heterocycles. The second-order valence-corrected chi connectivity index (χ2v) is 6.04. The van der Waals surface area contributed by atoms with Crippen LogP contribution < -0.4 is 10.2 Å². The van der Waals surface area contributed by atoms with E-state index in [1.807, 2.05) is 25.2 Å². The quantitative estimate of drug-likeness (QED) is 0.732. The van der Waals surface area contributed by atoms with E-state index < -0.39 is 0 Å². The number of hydrogen-bond donors (Lipinski definition) is 1. The number of nitriles is 1. The Morgan fingerprint density at radius 3 is 2.63 bits per heavy atom. The lowest BCUT2D eigenvalue weighted by molar-refractivity contribution is 0.102. The lowest BCUT2D eigenvalue weighted by Crippen LogP contribution is -2.21. The van der Waals surface area contributed by atoms with Crippen molar-refractivity contribution in [3.63, 3.8) is 0 Å². The number of aromatic nitrogens is 2. The third-order valence-electron chi connectivity index (χ3n) is 4.20. The van der Waals surface area contributed by atoms with Crippen LogP contribution in [0.1, 0.15) is 21.6 Å². The van der Waals surface area contributed by atoms with Gasteiger partial charge in [-0.05, 0) is 48.4 Å². The summed E-state index contributed by atoms with van der Waals surface area (Å²) in [5, 5.41) is 11.8. The van der Waals surface area contributed by atoms with Crippen molar-refractivity contribution < 1.29 is 4.79 Å². The lowest BCUT2D eigenvalue weighted by Gasteiger charge is -2.19. The summed E-state index contributed by atoms with van der Waals surface area (Å²) in [7, 11) is 1.99. The van der Waals surface area contributed by atoms with E-state index in [1.54, 1.807) is 48.9 Å². The highest BCUT2D eigenvalue weighted by Gasteiger charge is 2.11. The summed E-state index contributed by atoms with van der Waals surface area (Å²) in [6.07, 6.45) is 6.15. The van der Waals surface area contributed by atoms with E-state index in [0.29, 0.717) is 16.9 Å². The molecule has 6 nitrogen and oxygen atoms in total. The number of carbonyl (C=O) groups is 1. The molecule has 1 amide bonds. The first-order valence-corrected chi connectivity index (χ1v) is 8.54. The first kappa shape index (κ1) is 18.1. The van der Waals surface area contributed by atoms with Crippen LogP contribution in [0.25, 0.3) is 0 Å². The van der Waals surface area contributed by atoms with Crippen LogP contribution in [0.5, 0.6) is 0 Å². The van der Waals surface area contributed by atoms with Crippen molar-refractivity contribution in [1.82, 2.24) is 9.97 Å². The molecule has 0 radical (unpaired) electrons. The Kier molecular flexibility index (Phi) is 5.75. The second-order valence-electron chi connectivity index (χ2n) is 6.04. The van der Waals surface area contributed by atoms with Crippen molar-refractivity contribution in [2.75, 3.05) is 23.8 Å². The van der Waals surface area contributed by atoms with Gasteiger partial charge in [-0.2, -0.15) is 5.26 Å². The molecule has 134 valence electrons. The second kappa shape index (κ2) is 8.59. The molecule has 0 spiro atoms. The summed E-state index contributed by atoms with van der Waals surface area (Å²) in [4.78, 5) is 22.7. The van der Waals surface area contributed by atoms with E-state index in [-0.39, 0.29) is 5.91 Å². The van der Waals surface area contributed by atoms with Gasteiger partial charge in [0.15, 0.2) is 0 Å². The molecule has 6 heteroatoms. The highest BCUT2D eigenvalue weighted by atomic mass is 16.1. The van der Waals surface area contributed by atoms with Gasteiger partial charge in [0, 0.05) is 26.0 Å². The zero-order valence-electron chi connectivity index (χ0n) is 15.0. The van der Waals surface area contributed by atoms with Gasteiger partial charge in [0.1, 0.15) is 11.8 Å². The van der Waals surface area contributed by atoms with E-state index >= 15 is 0 Å². The molecule has 0 unspecified atom stereocenters. The van der Waals surface area contributed by atoms with Gasteiger partial charge in [0.2, 0.25) is 0 Å². The van der Waals surface area contributed by atoms with E-state index in [4.69, 9.17) is 5.26 Å². The molecule has 0 atom stereocenters. The fraction of sp³-hybridized carbons (Fsp3) is 0.143. The maximum Gasteiger partial charge on any atom is 0.274 e. The third-order valence-corrected chi connectivity index (χ3v) is 4.20. The number of anilines is 2. The number of rotatable bonds is 6. The highest BCUT2D eigenvalue weighted by Crippen LogP contribution is 2.16. The molecular weight excluding hydrogens is 338 g/mol. The van der Waals surface area contributed by atoms with Gasteiger partial charge in [0.05, 0.1) is 23.1 Å². The van der Waals surface area contributed by atoms with Crippen LogP contribution in [-0.2, 0) is 6.42 Å². The first-order valence-electron chi connectivity index (χ1n) is 8.54. The normalized spacial score (nSPS) is 10.1. The van der Waals surface area contributed by atoms with Crippen molar-refractivity contribution in [2.24, 2.45) is 0 Å². The molecule has 0 aliphatic carbocycles. The zero-order chi connectivity index (χ0) is 19.1. The van der Waals surface area contributed by atoms with Gasteiger partial charge < -0.3 is 10.2 Å². The monoisotopic (exact) mass is 357 g/mol. The summed E-state index contributed by atoms with van der Waals surface area (Å²) in [6.45, 7) is 0.826.